The highest BCUT2D eigenvalue weighted by Crippen LogP contribution is 2.11. The van der Waals surface area contributed by atoms with Gasteiger partial charge in [-0.15, -0.1) is 0 Å². The first-order valence-corrected chi connectivity index (χ1v) is 7.12. The standard InChI is InChI=1S/C16H25N3O2/c1-13(2)7-5-8-14(3)9-6-10-15(4)11-12-21-16(20)18-19-17/h7,9,11H,5-6,8,10,12H2,1-4H3/b14-9+,15-11+. The van der Waals surface area contributed by atoms with Gasteiger partial charge in [-0.25, -0.2) is 4.79 Å². The molecule has 1 amide bonds. The van der Waals surface area contributed by atoms with Crippen LogP contribution in [0.25, 0.3) is 10.4 Å². The molecule has 0 saturated heterocycles. The maximum Gasteiger partial charge on any atom is 0.397 e. The summed E-state index contributed by atoms with van der Waals surface area (Å²) in [6.07, 6.45) is 9.54. The molecule has 0 radical (unpaired) electrons. The second kappa shape index (κ2) is 11.8. The molecule has 0 aromatic rings. The van der Waals surface area contributed by atoms with E-state index in [2.05, 4.69) is 42.9 Å². The van der Waals surface area contributed by atoms with Crippen molar-refractivity contribution in [3.63, 3.8) is 0 Å². The molecule has 0 atom stereocenters. The summed E-state index contributed by atoms with van der Waals surface area (Å²) in [7, 11) is 0. The number of allylic oxidation sites excluding steroid dienone is 5. The molecular formula is C16H25N3O2. The Morgan fingerprint density at radius 2 is 1.62 bits per heavy atom. The summed E-state index contributed by atoms with van der Waals surface area (Å²) in [6, 6.07) is 0. The highest BCUT2D eigenvalue weighted by Gasteiger charge is 1.96. The quantitative estimate of drug-likeness (QED) is 0.243. The number of azide groups is 1. The number of hydrogen-bond donors (Lipinski definition) is 0. The van der Waals surface area contributed by atoms with Gasteiger partial charge in [-0.2, -0.15) is 0 Å². The third kappa shape index (κ3) is 12.8. The van der Waals surface area contributed by atoms with Crippen molar-refractivity contribution < 1.29 is 9.53 Å². The number of ether oxygens (including phenoxy) is 1. The van der Waals surface area contributed by atoms with Crippen LogP contribution in [-0.4, -0.2) is 12.7 Å². The summed E-state index contributed by atoms with van der Waals surface area (Å²) in [4.78, 5) is 13.1. The lowest BCUT2D eigenvalue weighted by molar-refractivity contribution is 0.169. The molecule has 0 aliphatic carbocycles. The van der Waals surface area contributed by atoms with Gasteiger partial charge in [0.1, 0.15) is 6.61 Å². The van der Waals surface area contributed by atoms with E-state index in [-0.39, 0.29) is 6.61 Å². The minimum Gasteiger partial charge on any atom is -0.457 e. The largest absolute Gasteiger partial charge is 0.457 e. The van der Waals surface area contributed by atoms with E-state index < -0.39 is 6.09 Å². The third-order valence-electron chi connectivity index (χ3n) is 2.89. The Bertz CT molecular complexity index is 466. The average molecular weight is 291 g/mol. The first-order chi connectivity index (χ1) is 9.95. The second-order valence-corrected chi connectivity index (χ2v) is 5.23. The van der Waals surface area contributed by atoms with Crippen molar-refractivity contribution >= 4 is 6.09 Å². The normalized spacial score (nSPS) is 11.6. The molecule has 0 aliphatic heterocycles. The Morgan fingerprint density at radius 3 is 2.19 bits per heavy atom. The van der Waals surface area contributed by atoms with Crippen molar-refractivity contribution in [2.45, 2.75) is 53.4 Å². The van der Waals surface area contributed by atoms with E-state index in [9.17, 15) is 4.79 Å². The number of nitrogens with zero attached hydrogens (tertiary/aromatic N) is 3. The second-order valence-electron chi connectivity index (χ2n) is 5.23. The summed E-state index contributed by atoms with van der Waals surface area (Å²) >= 11 is 0. The predicted molar refractivity (Wildman–Crippen MR) is 85.9 cm³/mol. The molecule has 0 fully saturated rings. The van der Waals surface area contributed by atoms with Gasteiger partial charge in [0.15, 0.2) is 0 Å². The van der Waals surface area contributed by atoms with Crippen LogP contribution < -0.4 is 0 Å². The SMILES string of the molecule is CC(C)=CCC/C(C)=C/CC/C(C)=C/COC(=O)N=[N+]=[N-]. The fourth-order valence-electron chi connectivity index (χ4n) is 1.66. The van der Waals surface area contributed by atoms with Gasteiger partial charge in [-0.1, -0.05) is 28.9 Å². The Kier molecular flexibility index (Phi) is 10.7. The first-order valence-electron chi connectivity index (χ1n) is 7.12. The lowest BCUT2D eigenvalue weighted by Gasteiger charge is -2.02. The van der Waals surface area contributed by atoms with Crippen LogP contribution in [0.1, 0.15) is 53.4 Å². The van der Waals surface area contributed by atoms with Crippen LogP contribution >= 0.6 is 0 Å². The molecule has 21 heavy (non-hydrogen) atoms. The molecule has 0 rings (SSSR count). The zero-order valence-corrected chi connectivity index (χ0v) is 13.4. The monoisotopic (exact) mass is 291 g/mol. The van der Waals surface area contributed by atoms with Crippen LogP contribution in [-0.2, 0) is 4.74 Å². The minimum absolute atomic E-state index is 0.146. The van der Waals surface area contributed by atoms with E-state index in [1.165, 1.54) is 11.1 Å². The van der Waals surface area contributed by atoms with Crippen molar-refractivity contribution in [3.05, 3.63) is 45.4 Å². The molecule has 5 heteroatoms. The number of hydrogen-bond acceptors (Lipinski definition) is 2. The van der Waals surface area contributed by atoms with Gasteiger partial charge in [0.25, 0.3) is 0 Å². The van der Waals surface area contributed by atoms with Crippen molar-refractivity contribution in [1.29, 1.82) is 0 Å². The molecule has 0 aliphatic rings. The average Bonchev–Trinajstić information content (AvgIpc) is 2.38. The summed E-state index contributed by atoms with van der Waals surface area (Å²) < 4.78 is 4.70. The molecule has 0 bridgehead atoms. The minimum atomic E-state index is -0.892. The number of carbonyl (C=O) groups excluding carboxylic acids is 1. The van der Waals surface area contributed by atoms with E-state index in [1.54, 1.807) is 0 Å². The van der Waals surface area contributed by atoms with Crippen molar-refractivity contribution in [3.8, 4) is 0 Å². The highest BCUT2D eigenvalue weighted by atomic mass is 16.5. The van der Waals surface area contributed by atoms with Crippen LogP contribution in [0.2, 0.25) is 0 Å². The summed E-state index contributed by atoms with van der Waals surface area (Å²) in [5.41, 5.74) is 11.9. The van der Waals surface area contributed by atoms with E-state index in [1.807, 2.05) is 13.0 Å². The summed E-state index contributed by atoms with van der Waals surface area (Å²) in [5.74, 6) is 0. The predicted octanol–water partition coefficient (Wildman–Crippen LogP) is 5.85. The number of amides is 1. The number of carbonyl (C=O) groups is 1. The van der Waals surface area contributed by atoms with Crippen LogP contribution in [0.5, 0.6) is 0 Å². The van der Waals surface area contributed by atoms with Gasteiger partial charge < -0.3 is 4.74 Å². The molecule has 0 aromatic heterocycles. The lowest BCUT2D eigenvalue weighted by atomic mass is 10.1. The Morgan fingerprint density at radius 1 is 1.05 bits per heavy atom. The molecule has 116 valence electrons. The van der Waals surface area contributed by atoms with Crippen molar-refractivity contribution in [1.82, 2.24) is 0 Å². The molecule has 0 spiro atoms. The van der Waals surface area contributed by atoms with E-state index in [0.29, 0.717) is 0 Å². The summed E-state index contributed by atoms with van der Waals surface area (Å²) in [6.45, 7) is 8.52. The van der Waals surface area contributed by atoms with Crippen molar-refractivity contribution in [2.75, 3.05) is 6.61 Å². The Labute approximate surface area is 127 Å². The van der Waals surface area contributed by atoms with Crippen LogP contribution in [0, 0.1) is 0 Å². The van der Waals surface area contributed by atoms with Gasteiger partial charge in [0, 0.05) is 10.0 Å². The lowest BCUT2D eigenvalue weighted by Crippen LogP contribution is -1.97. The Balaban J connectivity index is 3.95. The molecule has 5 nitrogen and oxygen atoms in total. The third-order valence-corrected chi connectivity index (χ3v) is 2.89. The summed E-state index contributed by atoms with van der Waals surface area (Å²) in [5, 5.41) is 2.82. The van der Waals surface area contributed by atoms with Gasteiger partial charge >= 0.3 is 6.09 Å². The fourth-order valence-corrected chi connectivity index (χ4v) is 1.66. The van der Waals surface area contributed by atoms with Crippen LogP contribution in [0.15, 0.2) is 40.1 Å². The highest BCUT2D eigenvalue weighted by molar-refractivity contribution is 5.68. The van der Waals surface area contributed by atoms with Crippen LogP contribution in [0.3, 0.4) is 0 Å². The van der Waals surface area contributed by atoms with Crippen molar-refractivity contribution in [2.24, 2.45) is 5.11 Å². The van der Waals surface area contributed by atoms with E-state index in [4.69, 9.17) is 10.3 Å². The molecular weight excluding hydrogens is 266 g/mol. The molecule has 0 N–H and O–H groups in total. The van der Waals surface area contributed by atoms with Gasteiger partial charge in [-0.3, -0.25) is 0 Å². The van der Waals surface area contributed by atoms with Gasteiger partial charge in [0.05, 0.1) is 0 Å². The molecule has 0 unspecified atom stereocenters. The zero-order chi connectivity index (χ0) is 16.1. The Hall–Kier alpha value is -2.00. The molecule has 0 aromatic carbocycles. The van der Waals surface area contributed by atoms with Gasteiger partial charge in [0.2, 0.25) is 0 Å². The fraction of sp³-hybridized carbons (Fsp3) is 0.562. The van der Waals surface area contributed by atoms with E-state index >= 15 is 0 Å². The first kappa shape index (κ1) is 19.0. The zero-order valence-electron chi connectivity index (χ0n) is 13.4. The maximum absolute atomic E-state index is 10.8. The number of rotatable bonds is 8. The van der Waals surface area contributed by atoms with Crippen LogP contribution in [0.4, 0.5) is 4.79 Å². The van der Waals surface area contributed by atoms with Gasteiger partial charge in [-0.05, 0) is 65.0 Å². The molecule has 0 heterocycles. The maximum atomic E-state index is 10.8. The molecule has 0 saturated carbocycles. The smallest absolute Gasteiger partial charge is 0.397 e. The topological polar surface area (TPSA) is 75.1 Å². The van der Waals surface area contributed by atoms with E-state index in [0.717, 1.165) is 31.3 Å².